The molecule has 9 aromatic heterocycles. The number of aromatic nitrogens is 10. The van der Waals surface area contributed by atoms with Gasteiger partial charge in [0.1, 0.15) is 41.1 Å². The summed E-state index contributed by atoms with van der Waals surface area (Å²) in [6, 6.07) is 13.3. The molecule has 27 heteroatoms. The number of rotatable bonds is 16. The lowest BCUT2D eigenvalue weighted by Gasteiger charge is -2.17. The van der Waals surface area contributed by atoms with Gasteiger partial charge in [-0.2, -0.15) is 5.10 Å². The second kappa shape index (κ2) is 41.5. The number of H-pyrrole nitrogens is 1. The van der Waals surface area contributed by atoms with E-state index >= 15 is 0 Å². The number of aryl methyl sites for hydroxylation is 6. The fraction of sp³-hybridized carbons (Fsp3) is 0.373. The molecule has 0 unspecified atom stereocenters. The topological polar surface area (TPSA) is 365 Å². The molecule has 9 heterocycles. The highest BCUT2D eigenvalue weighted by Gasteiger charge is 2.20. The molecule has 26 nitrogen and oxygen atoms in total. The molecule has 3 aliphatic rings. The monoisotopic (exact) mass is 1410 g/mol. The lowest BCUT2D eigenvalue weighted by atomic mass is 9.94. The minimum Gasteiger partial charge on any atom is -0.387 e. The van der Waals surface area contributed by atoms with Gasteiger partial charge in [-0.15, -0.1) is 11.3 Å². The molecule has 0 atom stereocenters. The van der Waals surface area contributed by atoms with Gasteiger partial charge in [0.2, 0.25) is 0 Å². The van der Waals surface area contributed by atoms with Gasteiger partial charge in [0.25, 0.3) is 0 Å². The number of carbonyl (C=O) groups excluding carboxylic acids is 8. The van der Waals surface area contributed by atoms with Crippen LogP contribution in [0.2, 0.25) is 0 Å². The van der Waals surface area contributed by atoms with Crippen LogP contribution >= 0.6 is 11.3 Å². The van der Waals surface area contributed by atoms with Gasteiger partial charge in [-0.1, -0.05) is 6.42 Å². The predicted octanol–water partition coefficient (Wildman–Crippen LogP) is 13.2. The Morgan fingerprint density at radius 1 is 0.382 bits per heavy atom. The smallest absolute Gasteiger partial charge is 0.179 e. The van der Waals surface area contributed by atoms with Gasteiger partial charge in [0.15, 0.2) is 46.3 Å². The summed E-state index contributed by atoms with van der Waals surface area (Å²) in [5.41, 5.74) is 15.8. The standard InChI is InChI=1S/C13H18N2O.C12H16N2O.C11H14N2O.C10H10N2OS.2C8H10N2O.C7H9N3O.C6H9N3O/c1-9(16)11-8-10-6-4-3-5-7-12(10)15-13(11)14-2;1-8(15)10-7-9-5-3-4-6-11(9)14-12(10)13-2;1-7(14)9-6-8-4-3-5-10(8)13-11(9)12-2;1-6(13)7-5-12-8-3-4-14-10(8)9(7)11-2;1-6(11)7-5-10-4-3-8(7)9-2;1-6(11)7-4-3-5-10-8(7)9-2;1-5(11)6-3-9-4-10-7(6)8-2;1-4(10)6-5(7-2)3-8-9-6/h8H,3-7H2,1-2H3,(H,14,15);7H,3-6H2,1-2H3,(H,13,14);6H,3-5H2,1-2H3,(H,12,13);3-5H,1-2H3,(H,11,12);2*3-5H,1-2H3,(H,9,10);3-4H,1-2H3,(H,8,9,10);3,7H,1-2H3,(H,8,9). The Morgan fingerprint density at radius 3 is 1.26 bits per heavy atom. The number of nitrogens with zero attached hydrogens (tertiary/aromatic N) is 9. The third-order valence-electron chi connectivity index (χ3n) is 16.3. The minimum absolute atomic E-state index is 0.0122. The molecular formula is C75H96N18O8S. The summed E-state index contributed by atoms with van der Waals surface area (Å²) in [5, 5.41) is 31.7. The molecule has 0 aromatic carbocycles. The van der Waals surface area contributed by atoms with Crippen molar-refractivity contribution in [2.45, 2.75) is 132 Å². The van der Waals surface area contributed by atoms with Gasteiger partial charge in [-0.05, 0) is 184 Å². The molecule has 0 spiro atoms. The van der Waals surface area contributed by atoms with Crippen molar-refractivity contribution in [1.82, 2.24) is 50.1 Å². The highest BCUT2D eigenvalue weighted by molar-refractivity contribution is 7.17. The number of pyridine rings is 6. The molecule has 0 radical (unpaired) electrons. The fourth-order valence-corrected chi connectivity index (χ4v) is 11.9. The molecule has 102 heavy (non-hydrogen) atoms. The predicted molar refractivity (Wildman–Crippen MR) is 408 cm³/mol. The van der Waals surface area contributed by atoms with E-state index in [1.54, 1.807) is 123 Å². The van der Waals surface area contributed by atoms with E-state index in [-0.39, 0.29) is 46.3 Å². The van der Waals surface area contributed by atoms with E-state index in [0.29, 0.717) is 45.1 Å². The zero-order chi connectivity index (χ0) is 75.0. The first-order valence-electron chi connectivity index (χ1n) is 33.6. The van der Waals surface area contributed by atoms with Gasteiger partial charge in [-0.25, -0.2) is 29.9 Å². The van der Waals surface area contributed by atoms with Crippen LogP contribution in [0, 0.1) is 0 Å². The van der Waals surface area contributed by atoms with Crippen molar-refractivity contribution in [3.05, 3.63) is 170 Å². The van der Waals surface area contributed by atoms with Crippen LogP contribution < -0.4 is 42.5 Å². The summed E-state index contributed by atoms with van der Waals surface area (Å²) in [7, 11) is 14.2. The Labute approximate surface area is 600 Å². The Kier molecular flexibility index (Phi) is 33.2. The van der Waals surface area contributed by atoms with Crippen molar-refractivity contribution in [1.29, 1.82) is 0 Å². The average Bonchev–Trinajstić information content (AvgIpc) is 1.48. The Bertz CT molecular complexity index is 4240. The number of nitrogens with one attached hydrogen (secondary N) is 9. The number of carbonyl (C=O) groups is 8. The van der Waals surface area contributed by atoms with Crippen molar-refractivity contribution in [3.63, 3.8) is 0 Å². The van der Waals surface area contributed by atoms with Crippen LogP contribution in [-0.4, -0.2) is 153 Å². The van der Waals surface area contributed by atoms with E-state index in [1.807, 2.05) is 50.8 Å². The number of ketones is 8. The van der Waals surface area contributed by atoms with Crippen LogP contribution in [0.5, 0.6) is 0 Å². The lowest BCUT2D eigenvalue weighted by Crippen LogP contribution is -2.11. The highest BCUT2D eigenvalue weighted by atomic mass is 32.1. The highest BCUT2D eigenvalue weighted by Crippen LogP contribution is 2.31. The van der Waals surface area contributed by atoms with Gasteiger partial charge in [0.05, 0.1) is 66.7 Å². The van der Waals surface area contributed by atoms with Crippen molar-refractivity contribution in [2.24, 2.45) is 0 Å². The summed E-state index contributed by atoms with van der Waals surface area (Å²) in [4.78, 5) is 122. The average molecular weight is 1410 g/mol. The molecule has 9 aromatic rings. The van der Waals surface area contributed by atoms with Crippen molar-refractivity contribution in [3.8, 4) is 0 Å². The summed E-state index contributed by atoms with van der Waals surface area (Å²) in [5.74, 6) is 3.70. The van der Waals surface area contributed by atoms with E-state index in [0.717, 1.165) is 112 Å². The number of hydrogen-bond acceptors (Lipinski definition) is 26. The molecule has 0 bridgehead atoms. The molecular weight excluding hydrogens is 1310 g/mol. The number of anilines is 8. The maximum Gasteiger partial charge on any atom is 0.179 e. The van der Waals surface area contributed by atoms with Crippen molar-refractivity contribution in [2.75, 3.05) is 98.9 Å². The summed E-state index contributed by atoms with van der Waals surface area (Å²) in [6.07, 6.45) is 24.6. The maximum absolute atomic E-state index is 11.5. The fourth-order valence-electron chi connectivity index (χ4n) is 11.0. The van der Waals surface area contributed by atoms with E-state index in [2.05, 4.69) is 92.6 Å². The third kappa shape index (κ3) is 23.3. The first-order chi connectivity index (χ1) is 48.9. The van der Waals surface area contributed by atoms with Gasteiger partial charge >= 0.3 is 0 Å². The third-order valence-corrected chi connectivity index (χ3v) is 17.3. The molecule has 0 aliphatic heterocycles. The quantitative estimate of drug-likeness (QED) is 0.0320. The van der Waals surface area contributed by atoms with E-state index in [1.165, 1.54) is 94.7 Å². The Hall–Kier alpha value is -11.1. The van der Waals surface area contributed by atoms with Crippen LogP contribution in [0.4, 0.5) is 46.2 Å². The van der Waals surface area contributed by atoms with Crippen LogP contribution in [-0.2, 0) is 38.5 Å². The SMILES string of the molecule is CNc1c(C(C)=O)cnc2ccsc12.CNc1ccncc1C(C)=O.CNc1cn[nH]c1C(C)=O.CNc1nc2c(cc1C(C)=O)CCC2.CNc1nc2c(cc1C(C)=O)CCCC2.CNc1nc2c(cc1C(C)=O)CCCCC2.CNc1ncccc1C(C)=O.CNc1ncncc1C(C)=O. The Balaban J connectivity index is 0.000000211. The molecule has 0 saturated heterocycles. The molecule has 12 rings (SSSR count). The molecule has 0 fully saturated rings. The van der Waals surface area contributed by atoms with Crippen LogP contribution in [0.3, 0.4) is 0 Å². The van der Waals surface area contributed by atoms with Crippen LogP contribution in [0.1, 0.15) is 211 Å². The first kappa shape index (κ1) is 81.6. The number of hydrogen-bond donors (Lipinski definition) is 9. The van der Waals surface area contributed by atoms with Gasteiger partial charge in [0, 0.05) is 117 Å². The molecule has 540 valence electrons. The van der Waals surface area contributed by atoms with Crippen LogP contribution in [0.15, 0.2) is 91.4 Å². The maximum atomic E-state index is 11.5. The zero-order valence-electron chi connectivity index (χ0n) is 61.3. The second-order valence-corrected chi connectivity index (χ2v) is 24.4. The summed E-state index contributed by atoms with van der Waals surface area (Å²) >= 11 is 1.59. The van der Waals surface area contributed by atoms with Crippen molar-refractivity contribution >= 4 is 114 Å². The number of fused-ring (bicyclic) bond motifs is 4. The number of Topliss-reactive ketones (excluding diaryl/α,β-unsaturated/α-hetero) is 8. The number of aromatic amines is 1. The van der Waals surface area contributed by atoms with Crippen LogP contribution in [0.25, 0.3) is 10.2 Å². The van der Waals surface area contributed by atoms with Crippen molar-refractivity contribution < 1.29 is 38.4 Å². The molecule has 3 aliphatic carbocycles. The minimum atomic E-state index is -0.0325. The molecule has 9 N–H and O–H groups in total. The van der Waals surface area contributed by atoms with Gasteiger partial charge < -0.3 is 42.5 Å². The molecule has 0 amide bonds. The van der Waals surface area contributed by atoms with E-state index in [9.17, 15) is 38.4 Å². The normalized spacial score (nSPS) is 11.8. The second-order valence-electron chi connectivity index (χ2n) is 23.5. The van der Waals surface area contributed by atoms with Gasteiger partial charge in [-0.3, -0.25) is 53.4 Å². The Morgan fingerprint density at radius 2 is 0.833 bits per heavy atom. The zero-order valence-corrected chi connectivity index (χ0v) is 62.2. The summed E-state index contributed by atoms with van der Waals surface area (Å²) in [6.45, 7) is 12.4. The number of thiophene rings is 1. The largest absolute Gasteiger partial charge is 0.387 e. The summed E-state index contributed by atoms with van der Waals surface area (Å²) < 4.78 is 1.04. The molecule has 0 saturated carbocycles. The van der Waals surface area contributed by atoms with E-state index < -0.39 is 0 Å². The first-order valence-corrected chi connectivity index (χ1v) is 34.5. The lowest BCUT2D eigenvalue weighted by molar-refractivity contribution is 0.100. The van der Waals surface area contributed by atoms with E-state index in [4.69, 9.17) is 0 Å².